The summed E-state index contributed by atoms with van der Waals surface area (Å²) in [7, 11) is 0. The lowest BCUT2D eigenvalue weighted by atomic mass is 10.1. The molecule has 9 nitrogen and oxygen atoms in total. The second-order valence-corrected chi connectivity index (χ2v) is 8.87. The fourth-order valence-corrected chi connectivity index (χ4v) is 4.29. The van der Waals surface area contributed by atoms with E-state index in [1.54, 1.807) is 24.0 Å². The number of rotatable bonds is 8. The molecule has 9 heteroatoms. The van der Waals surface area contributed by atoms with Crippen LogP contribution in [0, 0.1) is 0 Å². The summed E-state index contributed by atoms with van der Waals surface area (Å²) in [4.78, 5) is 41.4. The third kappa shape index (κ3) is 6.85. The molecule has 0 N–H and O–H groups in total. The number of hydrogen-bond donors (Lipinski definition) is 0. The van der Waals surface area contributed by atoms with E-state index in [1.807, 2.05) is 25.7 Å². The lowest BCUT2D eigenvalue weighted by molar-refractivity contribution is -0.151. The van der Waals surface area contributed by atoms with E-state index in [2.05, 4.69) is 0 Å². The van der Waals surface area contributed by atoms with Gasteiger partial charge in [0.05, 0.1) is 24.4 Å². The summed E-state index contributed by atoms with van der Waals surface area (Å²) in [5, 5.41) is 0. The molecule has 2 amide bonds. The number of carbonyl (C=O) groups excluding carboxylic acids is 3. The Balaban J connectivity index is 1.61. The quantitative estimate of drug-likeness (QED) is 0.533. The van der Waals surface area contributed by atoms with Gasteiger partial charge < -0.3 is 28.7 Å². The fraction of sp³-hybridized carbons (Fsp3) is 0.640. The maximum atomic E-state index is 12.8. The van der Waals surface area contributed by atoms with Gasteiger partial charge in [-0.15, -0.1) is 0 Å². The van der Waals surface area contributed by atoms with Gasteiger partial charge in [0, 0.05) is 26.2 Å². The van der Waals surface area contributed by atoms with Crippen LogP contribution in [-0.2, 0) is 19.1 Å². The van der Waals surface area contributed by atoms with Crippen molar-refractivity contribution in [3.05, 3.63) is 23.8 Å². The van der Waals surface area contributed by atoms with Gasteiger partial charge in [-0.05, 0) is 65.2 Å². The predicted molar refractivity (Wildman–Crippen MR) is 125 cm³/mol. The summed E-state index contributed by atoms with van der Waals surface area (Å²) in [6, 6.07) is 4.65. The van der Waals surface area contributed by atoms with Crippen LogP contribution in [0.1, 0.15) is 57.3 Å². The normalized spacial score (nSPS) is 21.5. The molecule has 2 aliphatic heterocycles. The van der Waals surface area contributed by atoms with Gasteiger partial charge in [0.1, 0.15) is 0 Å². The lowest BCUT2D eigenvalue weighted by Crippen LogP contribution is -2.51. The number of benzene rings is 1. The van der Waals surface area contributed by atoms with Crippen molar-refractivity contribution in [2.24, 2.45) is 0 Å². The minimum Gasteiger partial charge on any atom is -0.490 e. The zero-order valence-corrected chi connectivity index (χ0v) is 20.6. The Bertz CT molecular complexity index is 859. The second kappa shape index (κ2) is 12.1. The number of nitrogens with zero attached hydrogens (tertiary/aromatic N) is 2. The van der Waals surface area contributed by atoms with Crippen LogP contribution < -0.4 is 9.47 Å². The summed E-state index contributed by atoms with van der Waals surface area (Å²) >= 11 is 0. The average Bonchev–Trinajstić information content (AvgIpc) is 2.82. The van der Waals surface area contributed by atoms with Crippen molar-refractivity contribution < 1.29 is 33.3 Å². The molecule has 2 aliphatic rings. The van der Waals surface area contributed by atoms with Crippen LogP contribution in [0.3, 0.4) is 0 Å². The Labute approximate surface area is 201 Å². The first-order valence-corrected chi connectivity index (χ1v) is 12.1. The summed E-state index contributed by atoms with van der Waals surface area (Å²) < 4.78 is 22.5. The van der Waals surface area contributed by atoms with Crippen molar-refractivity contribution in [1.29, 1.82) is 0 Å². The average molecular weight is 477 g/mol. The van der Waals surface area contributed by atoms with E-state index in [4.69, 9.17) is 18.9 Å². The second-order valence-electron chi connectivity index (χ2n) is 8.87. The molecular formula is C25H36N2O7. The molecule has 1 aromatic carbocycles. The molecule has 188 valence electrons. The largest absolute Gasteiger partial charge is 0.490 e. The van der Waals surface area contributed by atoms with Gasteiger partial charge in [-0.2, -0.15) is 0 Å². The molecule has 0 radical (unpaired) electrons. The number of carbonyl (C=O) groups is 3. The topological polar surface area (TPSA) is 94.6 Å². The predicted octanol–water partition coefficient (Wildman–Crippen LogP) is 2.66. The molecule has 0 aromatic heterocycles. The summed E-state index contributed by atoms with van der Waals surface area (Å²) in [5.41, 5.74) is 0.238. The van der Waals surface area contributed by atoms with Crippen LogP contribution in [0.5, 0.6) is 11.5 Å². The van der Waals surface area contributed by atoms with Gasteiger partial charge in [0.25, 0.3) is 11.8 Å². The zero-order chi connectivity index (χ0) is 24.7. The molecular weight excluding hydrogens is 440 g/mol. The minimum atomic E-state index is -0.932. The Morgan fingerprint density at radius 3 is 2.32 bits per heavy atom. The number of esters is 1. The van der Waals surface area contributed by atoms with E-state index in [0.717, 1.165) is 32.4 Å². The summed E-state index contributed by atoms with van der Waals surface area (Å²) in [6.45, 7) is 9.90. The third-order valence-corrected chi connectivity index (χ3v) is 5.90. The van der Waals surface area contributed by atoms with Crippen molar-refractivity contribution in [3.8, 4) is 11.5 Å². The highest BCUT2D eigenvalue weighted by atomic mass is 16.5. The number of morpholine rings is 1. The zero-order valence-electron chi connectivity index (χ0n) is 20.6. The number of amides is 2. The first-order chi connectivity index (χ1) is 16.3. The highest BCUT2D eigenvalue weighted by Gasteiger charge is 2.30. The van der Waals surface area contributed by atoms with E-state index >= 15 is 0 Å². The van der Waals surface area contributed by atoms with E-state index in [-0.39, 0.29) is 36.2 Å². The van der Waals surface area contributed by atoms with Crippen LogP contribution >= 0.6 is 0 Å². The molecule has 0 bridgehead atoms. The van der Waals surface area contributed by atoms with Crippen LogP contribution in [0.2, 0.25) is 0 Å². The smallest absolute Gasteiger partial charge is 0.339 e. The van der Waals surface area contributed by atoms with E-state index in [0.29, 0.717) is 31.2 Å². The standard InChI is InChI=1S/C25H36N2O7/c1-5-31-22-13-20(9-10-21(22)32-16-23(28)26-11-7-6-8-12-26)25(30)34-19(4)24(29)27-14-17(2)33-18(3)15-27/h9-10,13,17-19H,5-8,11-12,14-16H2,1-4H3. The molecule has 1 aromatic rings. The van der Waals surface area contributed by atoms with Crippen molar-refractivity contribution in [2.75, 3.05) is 39.4 Å². The van der Waals surface area contributed by atoms with Crippen molar-refractivity contribution in [3.63, 3.8) is 0 Å². The molecule has 3 atom stereocenters. The molecule has 2 heterocycles. The lowest BCUT2D eigenvalue weighted by Gasteiger charge is -2.36. The monoisotopic (exact) mass is 476 g/mol. The molecule has 2 saturated heterocycles. The van der Waals surface area contributed by atoms with E-state index in [9.17, 15) is 14.4 Å². The highest BCUT2D eigenvalue weighted by Crippen LogP contribution is 2.29. The minimum absolute atomic E-state index is 0.0651. The molecule has 0 saturated carbocycles. The number of hydrogen-bond acceptors (Lipinski definition) is 7. The SMILES string of the molecule is CCOc1cc(C(=O)OC(C)C(=O)N2CC(C)OC(C)C2)ccc1OCC(=O)N1CCCCC1. The first-order valence-electron chi connectivity index (χ1n) is 12.1. The Hall–Kier alpha value is -2.81. The molecule has 0 aliphatic carbocycles. The van der Waals surface area contributed by atoms with Crippen LogP contribution in [0.25, 0.3) is 0 Å². The molecule has 2 fully saturated rings. The summed E-state index contributed by atoms with van der Waals surface area (Å²) in [5.74, 6) is -0.226. The Kier molecular flexibility index (Phi) is 9.15. The highest BCUT2D eigenvalue weighted by molar-refractivity contribution is 5.93. The Morgan fingerprint density at radius 1 is 1.00 bits per heavy atom. The van der Waals surface area contributed by atoms with Gasteiger partial charge in [-0.25, -0.2) is 4.79 Å². The van der Waals surface area contributed by atoms with Crippen molar-refractivity contribution >= 4 is 17.8 Å². The molecule has 34 heavy (non-hydrogen) atoms. The van der Waals surface area contributed by atoms with Crippen molar-refractivity contribution in [1.82, 2.24) is 9.80 Å². The van der Waals surface area contributed by atoms with Crippen molar-refractivity contribution in [2.45, 2.75) is 65.3 Å². The Morgan fingerprint density at radius 2 is 1.68 bits per heavy atom. The third-order valence-electron chi connectivity index (χ3n) is 5.90. The van der Waals surface area contributed by atoms with Gasteiger partial charge in [0.15, 0.2) is 24.2 Å². The van der Waals surface area contributed by atoms with Crippen LogP contribution in [-0.4, -0.2) is 85.3 Å². The maximum Gasteiger partial charge on any atom is 0.339 e. The molecule has 3 rings (SSSR count). The number of ether oxygens (including phenoxy) is 4. The van der Waals surface area contributed by atoms with E-state index < -0.39 is 12.1 Å². The molecule has 3 unspecified atom stereocenters. The van der Waals surface area contributed by atoms with Gasteiger partial charge in [0.2, 0.25) is 0 Å². The van der Waals surface area contributed by atoms with Gasteiger partial charge in [-0.3, -0.25) is 9.59 Å². The van der Waals surface area contributed by atoms with Crippen LogP contribution in [0.15, 0.2) is 18.2 Å². The summed E-state index contributed by atoms with van der Waals surface area (Å²) in [6.07, 6.45) is 2.09. The maximum absolute atomic E-state index is 12.8. The number of piperidine rings is 1. The van der Waals surface area contributed by atoms with Gasteiger partial charge >= 0.3 is 5.97 Å². The molecule has 0 spiro atoms. The van der Waals surface area contributed by atoms with E-state index in [1.165, 1.54) is 6.07 Å². The van der Waals surface area contributed by atoms with Gasteiger partial charge in [-0.1, -0.05) is 0 Å². The first kappa shape index (κ1) is 25.8. The number of likely N-dealkylation sites (tertiary alicyclic amines) is 1. The van der Waals surface area contributed by atoms with Crippen LogP contribution in [0.4, 0.5) is 0 Å². The fourth-order valence-electron chi connectivity index (χ4n) is 4.29.